The summed E-state index contributed by atoms with van der Waals surface area (Å²) in [6.45, 7) is 9.97. The second-order valence-electron chi connectivity index (χ2n) is 7.38. The molecule has 23 heavy (non-hydrogen) atoms. The maximum absolute atomic E-state index is 5.90. The van der Waals surface area contributed by atoms with E-state index < -0.39 is 0 Å². The first-order valence-electron chi connectivity index (χ1n) is 8.49. The van der Waals surface area contributed by atoms with Crippen molar-refractivity contribution in [3.05, 3.63) is 54.6 Å². The van der Waals surface area contributed by atoms with Gasteiger partial charge in [0.2, 0.25) is 0 Å². The van der Waals surface area contributed by atoms with Crippen LogP contribution in [0.4, 0.5) is 11.4 Å². The minimum absolute atomic E-state index is 0.336. The number of nitrogens with one attached hydrogen (secondary N) is 1. The lowest BCUT2D eigenvalue weighted by atomic mass is 9.81. The second kappa shape index (κ2) is 8.05. The van der Waals surface area contributed by atoms with E-state index in [-0.39, 0.29) is 0 Å². The van der Waals surface area contributed by atoms with Crippen molar-refractivity contribution in [2.24, 2.45) is 11.3 Å². The molecular weight excluding hydrogens is 282 g/mol. The van der Waals surface area contributed by atoms with Crippen LogP contribution in [-0.2, 0) is 0 Å². The Bertz CT molecular complexity index is 573. The Labute approximate surface area is 140 Å². The van der Waals surface area contributed by atoms with Gasteiger partial charge in [-0.05, 0) is 60.6 Å². The lowest BCUT2D eigenvalue weighted by molar-refractivity contribution is 0.199. The molecule has 2 aromatic carbocycles. The van der Waals surface area contributed by atoms with Gasteiger partial charge in [-0.15, -0.1) is 0 Å². The molecule has 0 amide bonds. The van der Waals surface area contributed by atoms with Crippen molar-refractivity contribution in [2.75, 3.05) is 11.9 Å². The molecule has 2 aromatic rings. The SMILES string of the molecule is CC(C)CC(C)(C)CCOc1ccc(Nc2ccccc2)cc1. The van der Waals surface area contributed by atoms with Crippen molar-refractivity contribution in [3.8, 4) is 5.75 Å². The third-order valence-electron chi connectivity index (χ3n) is 3.93. The number of ether oxygens (including phenoxy) is 1. The Balaban J connectivity index is 1.81. The van der Waals surface area contributed by atoms with Crippen molar-refractivity contribution in [1.82, 2.24) is 0 Å². The molecule has 2 nitrogen and oxygen atoms in total. The highest BCUT2D eigenvalue weighted by molar-refractivity contribution is 5.59. The summed E-state index contributed by atoms with van der Waals surface area (Å²) < 4.78 is 5.90. The minimum Gasteiger partial charge on any atom is -0.494 e. The van der Waals surface area contributed by atoms with Crippen LogP contribution in [0.2, 0.25) is 0 Å². The van der Waals surface area contributed by atoms with Gasteiger partial charge in [0, 0.05) is 11.4 Å². The highest BCUT2D eigenvalue weighted by atomic mass is 16.5. The molecule has 0 unspecified atom stereocenters. The van der Waals surface area contributed by atoms with Gasteiger partial charge in [-0.1, -0.05) is 45.9 Å². The van der Waals surface area contributed by atoms with Crippen LogP contribution >= 0.6 is 0 Å². The van der Waals surface area contributed by atoms with E-state index in [0.29, 0.717) is 5.41 Å². The lowest BCUT2D eigenvalue weighted by Gasteiger charge is -2.26. The van der Waals surface area contributed by atoms with E-state index in [2.05, 4.69) is 57.3 Å². The van der Waals surface area contributed by atoms with Gasteiger partial charge in [-0.25, -0.2) is 0 Å². The predicted octanol–water partition coefficient (Wildman–Crippen LogP) is 6.27. The summed E-state index contributed by atoms with van der Waals surface area (Å²) in [7, 11) is 0. The van der Waals surface area contributed by atoms with Crippen molar-refractivity contribution in [2.45, 2.75) is 40.5 Å². The zero-order chi connectivity index (χ0) is 16.7. The van der Waals surface area contributed by atoms with Gasteiger partial charge in [0.05, 0.1) is 6.61 Å². The van der Waals surface area contributed by atoms with E-state index in [4.69, 9.17) is 4.74 Å². The summed E-state index contributed by atoms with van der Waals surface area (Å²) in [5, 5.41) is 3.38. The van der Waals surface area contributed by atoms with E-state index in [1.165, 1.54) is 6.42 Å². The topological polar surface area (TPSA) is 21.3 Å². The molecule has 0 saturated carbocycles. The molecule has 0 saturated heterocycles. The summed E-state index contributed by atoms with van der Waals surface area (Å²) in [6.07, 6.45) is 2.31. The zero-order valence-corrected chi connectivity index (χ0v) is 14.8. The fourth-order valence-electron chi connectivity index (χ4n) is 2.98. The standard InChI is InChI=1S/C21H29NO/c1-17(2)16-21(3,4)14-15-23-20-12-10-19(11-13-20)22-18-8-6-5-7-9-18/h5-13,17,22H,14-16H2,1-4H3. The van der Waals surface area contributed by atoms with Crippen LogP contribution in [0.1, 0.15) is 40.5 Å². The molecule has 0 atom stereocenters. The van der Waals surface area contributed by atoms with Crippen LogP contribution in [0.5, 0.6) is 5.75 Å². The van der Waals surface area contributed by atoms with Crippen LogP contribution in [0.15, 0.2) is 54.6 Å². The minimum atomic E-state index is 0.336. The largest absolute Gasteiger partial charge is 0.494 e. The maximum atomic E-state index is 5.90. The van der Waals surface area contributed by atoms with Gasteiger partial charge >= 0.3 is 0 Å². The zero-order valence-electron chi connectivity index (χ0n) is 14.8. The predicted molar refractivity (Wildman–Crippen MR) is 99.5 cm³/mol. The summed E-state index contributed by atoms with van der Waals surface area (Å²) in [5.41, 5.74) is 2.50. The quantitative estimate of drug-likeness (QED) is 0.620. The molecule has 0 aliphatic carbocycles. The Morgan fingerprint density at radius 3 is 2.13 bits per heavy atom. The first kappa shape index (κ1) is 17.4. The van der Waals surface area contributed by atoms with Crippen LogP contribution in [0.3, 0.4) is 0 Å². The molecule has 2 rings (SSSR count). The number of anilines is 2. The highest BCUT2D eigenvalue weighted by Crippen LogP contribution is 2.29. The number of rotatable bonds is 8. The molecule has 124 valence electrons. The van der Waals surface area contributed by atoms with Crippen LogP contribution in [-0.4, -0.2) is 6.61 Å². The molecule has 2 heteroatoms. The summed E-state index contributed by atoms with van der Waals surface area (Å²) in [4.78, 5) is 0. The first-order valence-corrected chi connectivity index (χ1v) is 8.49. The van der Waals surface area contributed by atoms with Crippen LogP contribution in [0.25, 0.3) is 0 Å². The Hall–Kier alpha value is -1.96. The van der Waals surface area contributed by atoms with E-state index in [9.17, 15) is 0 Å². The smallest absolute Gasteiger partial charge is 0.119 e. The average Bonchev–Trinajstić information content (AvgIpc) is 2.48. The molecule has 0 radical (unpaired) electrons. The van der Waals surface area contributed by atoms with Crippen molar-refractivity contribution in [1.29, 1.82) is 0 Å². The monoisotopic (exact) mass is 311 g/mol. The molecule has 0 aliphatic heterocycles. The highest BCUT2D eigenvalue weighted by Gasteiger charge is 2.19. The molecule has 0 fully saturated rings. The summed E-state index contributed by atoms with van der Waals surface area (Å²) in [5.74, 6) is 1.66. The van der Waals surface area contributed by atoms with E-state index in [1.54, 1.807) is 0 Å². The van der Waals surface area contributed by atoms with E-state index in [0.717, 1.165) is 36.1 Å². The molecular formula is C21H29NO. The van der Waals surface area contributed by atoms with Gasteiger partial charge in [0.25, 0.3) is 0 Å². The summed E-state index contributed by atoms with van der Waals surface area (Å²) in [6, 6.07) is 18.4. The molecule has 0 spiro atoms. The average molecular weight is 311 g/mol. The lowest BCUT2D eigenvalue weighted by Crippen LogP contribution is -2.18. The fourth-order valence-corrected chi connectivity index (χ4v) is 2.98. The van der Waals surface area contributed by atoms with Crippen molar-refractivity contribution >= 4 is 11.4 Å². The van der Waals surface area contributed by atoms with Crippen LogP contribution < -0.4 is 10.1 Å². The Morgan fingerprint density at radius 1 is 0.913 bits per heavy atom. The van der Waals surface area contributed by atoms with E-state index >= 15 is 0 Å². The number of hydrogen-bond acceptors (Lipinski definition) is 2. The normalized spacial score (nSPS) is 11.5. The fraction of sp³-hybridized carbons (Fsp3) is 0.429. The second-order valence-corrected chi connectivity index (χ2v) is 7.38. The first-order chi connectivity index (χ1) is 10.9. The molecule has 0 aromatic heterocycles. The van der Waals surface area contributed by atoms with E-state index in [1.807, 2.05) is 30.3 Å². The molecule has 0 bridgehead atoms. The maximum Gasteiger partial charge on any atom is 0.119 e. The molecule has 1 N–H and O–H groups in total. The van der Waals surface area contributed by atoms with Gasteiger partial charge in [-0.3, -0.25) is 0 Å². The van der Waals surface area contributed by atoms with Crippen molar-refractivity contribution < 1.29 is 4.74 Å². The Morgan fingerprint density at radius 2 is 1.52 bits per heavy atom. The van der Waals surface area contributed by atoms with Crippen molar-refractivity contribution in [3.63, 3.8) is 0 Å². The van der Waals surface area contributed by atoms with Gasteiger partial charge in [0.15, 0.2) is 0 Å². The third kappa shape index (κ3) is 6.35. The number of hydrogen-bond donors (Lipinski definition) is 1. The molecule has 0 heterocycles. The molecule has 0 aliphatic rings. The third-order valence-corrected chi connectivity index (χ3v) is 3.93. The van der Waals surface area contributed by atoms with Gasteiger partial charge < -0.3 is 10.1 Å². The number of para-hydroxylation sites is 1. The van der Waals surface area contributed by atoms with Crippen LogP contribution in [0, 0.1) is 11.3 Å². The Kier molecular flexibility index (Phi) is 6.09. The van der Waals surface area contributed by atoms with Gasteiger partial charge in [0.1, 0.15) is 5.75 Å². The van der Waals surface area contributed by atoms with Gasteiger partial charge in [-0.2, -0.15) is 0 Å². The summed E-state index contributed by atoms with van der Waals surface area (Å²) >= 11 is 0. The number of benzene rings is 2.